The van der Waals surface area contributed by atoms with Crippen LogP contribution < -0.4 is 0 Å². The molecular formula is C16H26N2O3. The second-order valence-electron chi connectivity index (χ2n) is 7.05. The number of nitrogens with zero attached hydrogens (tertiary/aromatic N) is 2. The Balaban J connectivity index is 2.19. The van der Waals surface area contributed by atoms with Crippen molar-refractivity contribution in [1.82, 2.24) is 10.1 Å². The van der Waals surface area contributed by atoms with Gasteiger partial charge in [0.1, 0.15) is 5.76 Å². The highest BCUT2D eigenvalue weighted by Gasteiger charge is 2.36. The van der Waals surface area contributed by atoms with Crippen LogP contribution in [0, 0.1) is 0 Å². The standard InChI is InChI=1S/C16H26N2O3/c1-6-12(13-8-14(17-21-13)16(3,4)5)15(20)18-9-11(19)7-10(18)2/h8,10-12,19H,6-7,9H2,1-5H3. The number of β-amino-alcohol motifs (C(OH)–C–C–N with tert-alkyl or cyclic N) is 1. The van der Waals surface area contributed by atoms with Crippen molar-refractivity contribution in [3.05, 3.63) is 17.5 Å². The van der Waals surface area contributed by atoms with Crippen LogP contribution in [0.5, 0.6) is 0 Å². The number of hydrogen-bond acceptors (Lipinski definition) is 4. The molecule has 1 aliphatic rings. The van der Waals surface area contributed by atoms with Gasteiger partial charge in [0, 0.05) is 24.1 Å². The van der Waals surface area contributed by atoms with Gasteiger partial charge in [0.15, 0.2) is 0 Å². The average Bonchev–Trinajstić information content (AvgIpc) is 2.96. The van der Waals surface area contributed by atoms with Crippen molar-refractivity contribution in [2.45, 2.75) is 70.9 Å². The maximum atomic E-state index is 12.7. The zero-order valence-electron chi connectivity index (χ0n) is 13.6. The van der Waals surface area contributed by atoms with Crippen LogP contribution in [0.1, 0.15) is 64.8 Å². The monoisotopic (exact) mass is 294 g/mol. The minimum Gasteiger partial charge on any atom is -0.391 e. The third-order valence-electron chi connectivity index (χ3n) is 4.18. The van der Waals surface area contributed by atoms with Crippen LogP contribution in [0.4, 0.5) is 0 Å². The zero-order valence-corrected chi connectivity index (χ0v) is 13.6. The number of carbonyl (C=O) groups is 1. The van der Waals surface area contributed by atoms with Gasteiger partial charge in [0.25, 0.3) is 0 Å². The molecule has 21 heavy (non-hydrogen) atoms. The van der Waals surface area contributed by atoms with Crippen LogP contribution in [0.3, 0.4) is 0 Å². The van der Waals surface area contributed by atoms with E-state index < -0.39 is 6.10 Å². The van der Waals surface area contributed by atoms with E-state index in [1.807, 2.05) is 19.9 Å². The molecule has 0 spiro atoms. The third kappa shape index (κ3) is 3.28. The quantitative estimate of drug-likeness (QED) is 0.930. The van der Waals surface area contributed by atoms with Crippen LogP contribution in [0.2, 0.25) is 0 Å². The highest BCUT2D eigenvalue weighted by molar-refractivity contribution is 5.83. The lowest BCUT2D eigenvalue weighted by molar-refractivity contribution is -0.134. The highest BCUT2D eigenvalue weighted by atomic mass is 16.5. The first-order chi connectivity index (χ1) is 9.74. The van der Waals surface area contributed by atoms with E-state index in [1.54, 1.807) is 4.90 Å². The van der Waals surface area contributed by atoms with Gasteiger partial charge in [-0.15, -0.1) is 0 Å². The molecule has 2 heterocycles. The van der Waals surface area contributed by atoms with E-state index in [9.17, 15) is 9.90 Å². The molecule has 1 aromatic rings. The summed E-state index contributed by atoms with van der Waals surface area (Å²) in [4.78, 5) is 14.5. The number of likely N-dealkylation sites (tertiary alicyclic amines) is 1. The summed E-state index contributed by atoms with van der Waals surface area (Å²) in [6.07, 6.45) is 0.893. The minimum atomic E-state index is -0.415. The van der Waals surface area contributed by atoms with Crippen molar-refractivity contribution in [2.24, 2.45) is 0 Å². The Labute approximate surface area is 126 Å². The summed E-state index contributed by atoms with van der Waals surface area (Å²) in [6, 6.07) is 1.97. The second kappa shape index (κ2) is 5.79. The normalized spacial score (nSPS) is 24.4. The molecule has 5 nitrogen and oxygen atoms in total. The van der Waals surface area contributed by atoms with E-state index in [4.69, 9.17) is 4.52 Å². The van der Waals surface area contributed by atoms with E-state index in [0.717, 1.165) is 5.69 Å². The summed E-state index contributed by atoms with van der Waals surface area (Å²) in [5.41, 5.74) is 0.762. The van der Waals surface area contributed by atoms with Crippen molar-refractivity contribution in [1.29, 1.82) is 0 Å². The van der Waals surface area contributed by atoms with Crippen molar-refractivity contribution in [3.63, 3.8) is 0 Å². The molecule has 0 saturated carbocycles. The van der Waals surface area contributed by atoms with Gasteiger partial charge in [-0.2, -0.15) is 0 Å². The maximum absolute atomic E-state index is 12.7. The van der Waals surface area contributed by atoms with Crippen molar-refractivity contribution in [2.75, 3.05) is 6.54 Å². The Hall–Kier alpha value is -1.36. The number of amides is 1. The van der Waals surface area contributed by atoms with Crippen LogP contribution in [-0.4, -0.2) is 39.8 Å². The fourth-order valence-electron chi connectivity index (χ4n) is 2.81. The van der Waals surface area contributed by atoms with Crippen LogP contribution in [0.15, 0.2) is 10.6 Å². The average molecular weight is 294 g/mol. The van der Waals surface area contributed by atoms with E-state index in [1.165, 1.54) is 0 Å². The molecule has 0 aromatic carbocycles. The second-order valence-corrected chi connectivity index (χ2v) is 7.05. The molecule has 3 atom stereocenters. The molecule has 118 valence electrons. The van der Waals surface area contributed by atoms with Crippen molar-refractivity contribution in [3.8, 4) is 0 Å². The minimum absolute atomic E-state index is 0.0261. The van der Waals surface area contributed by atoms with Crippen LogP contribution in [-0.2, 0) is 10.2 Å². The summed E-state index contributed by atoms with van der Waals surface area (Å²) in [6.45, 7) is 10.6. The molecule has 1 saturated heterocycles. The van der Waals surface area contributed by atoms with E-state index in [0.29, 0.717) is 25.1 Å². The van der Waals surface area contributed by atoms with E-state index in [2.05, 4.69) is 25.9 Å². The SMILES string of the molecule is CCC(C(=O)N1CC(O)CC1C)c1cc(C(C)(C)C)no1. The van der Waals surface area contributed by atoms with Gasteiger partial charge in [-0.1, -0.05) is 32.9 Å². The number of rotatable bonds is 3. The van der Waals surface area contributed by atoms with Crippen molar-refractivity contribution < 1.29 is 14.4 Å². The number of aliphatic hydroxyl groups excluding tert-OH is 1. The largest absolute Gasteiger partial charge is 0.391 e. The summed E-state index contributed by atoms with van der Waals surface area (Å²) < 4.78 is 5.43. The van der Waals surface area contributed by atoms with Gasteiger partial charge >= 0.3 is 0 Å². The van der Waals surface area contributed by atoms with Gasteiger partial charge in [0.2, 0.25) is 5.91 Å². The number of aliphatic hydroxyl groups is 1. The molecule has 5 heteroatoms. The fourth-order valence-corrected chi connectivity index (χ4v) is 2.81. The Kier molecular flexibility index (Phi) is 4.42. The Morgan fingerprint density at radius 3 is 2.67 bits per heavy atom. The number of hydrogen-bond donors (Lipinski definition) is 1. The van der Waals surface area contributed by atoms with Gasteiger partial charge < -0.3 is 14.5 Å². The molecule has 1 amide bonds. The van der Waals surface area contributed by atoms with Gasteiger partial charge in [-0.3, -0.25) is 4.79 Å². The number of carbonyl (C=O) groups excluding carboxylic acids is 1. The molecule has 0 radical (unpaired) electrons. The lowest BCUT2D eigenvalue weighted by atomic mass is 9.91. The first-order valence-electron chi connectivity index (χ1n) is 7.69. The molecular weight excluding hydrogens is 268 g/mol. The highest BCUT2D eigenvalue weighted by Crippen LogP contribution is 2.30. The summed E-state index contributed by atoms with van der Waals surface area (Å²) in [7, 11) is 0. The number of aromatic nitrogens is 1. The molecule has 1 N–H and O–H groups in total. The van der Waals surface area contributed by atoms with Crippen LogP contribution >= 0.6 is 0 Å². The molecule has 1 aromatic heterocycles. The van der Waals surface area contributed by atoms with Gasteiger partial charge in [0.05, 0.1) is 17.7 Å². The molecule has 0 bridgehead atoms. The predicted molar refractivity (Wildman–Crippen MR) is 80.0 cm³/mol. The third-order valence-corrected chi connectivity index (χ3v) is 4.18. The lowest BCUT2D eigenvalue weighted by Crippen LogP contribution is -2.37. The first-order valence-corrected chi connectivity index (χ1v) is 7.69. The Morgan fingerprint density at radius 1 is 1.57 bits per heavy atom. The summed E-state index contributed by atoms with van der Waals surface area (Å²) in [5, 5.41) is 13.8. The fraction of sp³-hybridized carbons (Fsp3) is 0.750. The van der Waals surface area contributed by atoms with E-state index >= 15 is 0 Å². The predicted octanol–water partition coefficient (Wildman–Crippen LogP) is 2.45. The first kappa shape index (κ1) is 16.0. The topological polar surface area (TPSA) is 66.6 Å². The Bertz CT molecular complexity index is 504. The lowest BCUT2D eigenvalue weighted by Gasteiger charge is -2.25. The van der Waals surface area contributed by atoms with Crippen molar-refractivity contribution >= 4 is 5.91 Å². The molecule has 2 rings (SSSR count). The molecule has 0 aliphatic carbocycles. The Morgan fingerprint density at radius 2 is 2.24 bits per heavy atom. The molecule has 1 fully saturated rings. The smallest absolute Gasteiger partial charge is 0.233 e. The maximum Gasteiger partial charge on any atom is 0.233 e. The molecule has 1 aliphatic heterocycles. The zero-order chi connectivity index (χ0) is 15.8. The summed E-state index contributed by atoms with van der Waals surface area (Å²) in [5.74, 6) is 0.334. The van der Waals surface area contributed by atoms with Crippen LogP contribution in [0.25, 0.3) is 0 Å². The summed E-state index contributed by atoms with van der Waals surface area (Å²) >= 11 is 0. The van der Waals surface area contributed by atoms with Gasteiger partial charge in [-0.05, 0) is 19.8 Å². The van der Waals surface area contributed by atoms with E-state index in [-0.39, 0.29) is 23.3 Å². The van der Waals surface area contributed by atoms with Gasteiger partial charge in [-0.25, -0.2) is 0 Å². The molecule has 3 unspecified atom stereocenters.